The molecule has 0 heterocycles. The van der Waals surface area contributed by atoms with Crippen molar-refractivity contribution in [3.05, 3.63) is 82.9 Å². The Morgan fingerprint density at radius 2 is 0.833 bits per heavy atom. The Balaban J connectivity index is 1.91. The van der Waals surface area contributed by atoms with E-state index >= 15 is 0 Å². The zero-order valence-electron chi connectivity index (χ0n) is 17.4. The van der Waals surface area contributed by atoms with Crippen molar-refractivity contribution in [2.45, 2.75) is 52.4 Å². The lowest BCUT2D eigenvalue weighted by Gasteiger charge is -2.11. The van der Waals surface area contributed by atoms with Crippen LogP contribution < -0.4 is 0 Å². The van der Waals surface area contributed by atoms with Gasteiger partial charge in [0.2, 0.25) is 0 Å². The maximum atomic E-state index is 14.6. The highest BCUT2D eigenvalue weighted by atomic mass is 19.1. The molecular weight excluding hydrogens is 388 g/mol. The van der Waals surface area contributed by atoms with Crippen molar-refractivity contribution < 1.29 is 17.6 Å². The monoisotopic (exact) mass is 414 g/mol. The van der Waals surface area contributed by atoms with Crippen molar-refractivity contribution in [2.24, 2.45) is 0 Å². The van der Waals surface area contributed by atoms with Crippen molar-refractivity contribution in [3.8, 4) is 22.3 Å². The Kier molecular flexibility index (Phi) is 7.30. The van der Waals surface area contributed by atoms with Crippen molar-refractivity contribution in [1.82, 2.24) is 0 Å². The molecule has 0 saturated heterocycles. The topological polar surface area (TPSA) is 0 Å². The van der Waals surface area contributed by atoms with Crippen LogP contribution in [0.2, 0.25) is 0 Å². The normalized spacial score (nSPS) is 11.1. The third-order valence-corrected chi connectivity index (χ3v) is 5.30. The maximum Gasteiger partial charge on any atom is 0.134 e. The van der Waals surface area contributed by atoms with Crippen LogP contribution in [0.4, 0.5) is 17.6 Å². The third kappa shape index (κ3) is 4.92. The van der Waals surface area contributed by atoms with E-state index in [9.17, 15) is 17.6 Å². The minimum Gasteiger partial charge on any atom is -0.206 e. The van der Waals surface area contributed by atoms with Gasteiger partial charge in [-0.2, -0.15) is 0 Å². The quantitative estimate of drug-likeness (QED) is 0.325. The highest BCUT2D eigenvalue weighted by Crippen LogP contribution is 2.32. The molecule has 0 aliphatic heterocycles. The van der Waals surface area contributed by atoms with E-state index in [1.54, 1.807) is 0 Å². The van der Waals surface area contributed by atoms with Crippen LogP contribution in [0.15, 0.2) is 48.5 Å². The van der Waals surface area contributed by atoms with Crippen molar-refractivity contribution >= 4 is 0 Å². The lowest BCUT2D eigenvalue weighted by molar-refractivity contribution is 0.583. The van der Waals surface area contributed by atoms with E-state index in [0.717, 1.165) is 25.7 Å². The Bertz CT molecular complexity index is 878. The lowest BCUT2D eigenvalue weighted by atomic mass is 9.96. The summed E-state index contributed by atoms with van der Waals surface area (Å²) in [5.41, 5.74) is 1.65. The molecule has 3 aromatic rings. The van der Waals surface area contributed by atoms with E-state index in [4.69, 9.17) is 0 Å². The molecule has 30 heavy (non-hydrogen) atoms. The van der Waals surface area contributed by atoms with E-state index < -0.39 is 23.3 Å². The predicted octanol–water partition coefficient (Wildman–Crippen LogP) is 8.26. The molecule has 0 saturated carbocycles. The van der Waals surface area contributed by atoms with Gasteiger partial charge in [-0.05, 0) is 72.2 Å². The van der Waals surface area contributed by atoms with Crippen LogP contribution in [0, 0.1) is 23.3 Å². The number of rotatable bonds is 8. The number of benzene rings is 3. The van der Waals surface area contributed by atoms with Gasteiger partial charge in [0.1, 0.15) is 23.3 Å². The van der Waals surface area contributed by atoms with Gasteiger partial charge in [0.15, 0.2) is 0 Å². The standard InChI is InChI=1S/C26H26F4/c1-3-5-7-17-13-21(27)25(22(28)14-17)19-9-11-20(12-10-19)26-23(29)15-18(8-6-4-2)16-24(26)30/h9-16H,3-8H2,1-2H3. The van der Waals surface area contributed by atoms with Gasteiger partial charge in [-0.1, -0.05) is 51.0 Å². The summed E-state index contributed by atoms with van der Waals surface area (Å²) in [6.07, 6.45) is 4.85. The highest BCUT2D eigenvalue weighted by molar-refractivity contribution is 5.72. The molecule has 0 atom stereocenters. The molecule has 0 fully saturated rings. The number of hydrogen-bond acceptors (Lipinski definition) is 0. The van der Waals surface area contributed by atoms with Crippen LogP contribution in [-0.2, 0) is 12.8 Å². The fourth-order valence-corrected chi connectivity index (χ4v) is 3.66. The SMILES string of the molecule is CCCCc1cc(F)c(-c2ccc(-c3c(F)cc(CCCC)cc3F)cc2)c(F)c1. The van der Waals surface area contributed by atoms with Crippen LogP contribution in [0.1, 0.15) is 50.7 Å². The molecule has 0 aliphatic carbocycles. The Morgan fingerprint density at radius 1 is 0.533 bits per heavy atom. The Hall–Kier alpha value is -2.62. The average molecular weight is 414 g/mol. The Labute approximate surface area is 175 Å². The molecule has 158 valence electrons. The summed E-state index contributed by atoms with van der Waals surface area (Å²) in [5.74, 6) is -2.53. The van der Waals surface area contributed by atoms with Gasteiger partial charge in [-0.15, -0.1) is 0 Å². The van der Waals surface area contributed by atoms with Gasteiger partial charge in [-0.3, -0.25) is 0 Å². The summed E-state index contributed by atoms with van der Waals surface area (Å²) in [5, 5.41) is 0. The van der Waals surface area contributed by atoms with Crippen LogP contribution in [0.5, 0.6) is 0 Å². The summed E-state index contributed by atoms with van der Waals surface area (Å²) in [6, 6.07) is 11.4. The smallest absolute Gasteiger partial charge is 0.134 e. The van der Waals surface area contributed by atoms with E-state index in [1.807, 2.05) is 13.8 Å². The first-order chi connectivity index (χ1) is 14.4. The van der Waals surface area contributed by atoms with Crippen LogP contribution in [-0.4, -0.2) is 0 Å². The number of hydrogen-bond donors (Lipinski definition) is 0. The van der Waals surface area contributed by atoms with Crippen molar-refractivity contribution in [2.75, 3.05) is 0 Å². The van der Waals surface area contributed by atoms with Gasteiger partial charge in [-0.25, -0.2) is 17.6 Å². The zero-order valence-corrected chi connectivity index (χ0v) is 17.4. The molecule has 0 N–H and O–H groups in total. The summed E-state index contributed by atoms with van der Waals surface area (Å²) < 4.78 is 58.2. The first-order valence-electron chi connectivity index (χ1n) is 10.5. The summed E-state index contributed by atoms with van der Waals surface area (Å²) in [4.78, 5) is 0. The predicted molar refractivity (Wildman–Crippen MR) is 114 cm³/mol. The molecule has 3 rings (SSSR count). The maximum absolute atomic E-state index is 14.6. The first kappa shape index (κ1) is 22.1. The lowest BCUT2D eigenvalue weighted by Crippen LogP contribution is -1.96. The Morgan fingerprint density at radius 3 is 1.10 bits per heavy atom. The van der Waals surface area contributed by atoms with E-state index in [0.29, 0.717) is 35.1 Å². The van der Waals surface area contributed by atoms with Crippen molar-refractivity contribution in [3.63, 3.8) is 0 Å². The summed E-state index contributed by atoms with van der Waals surface area (Å²) >= 11 is 0. The zero-order chi connectivity index (χ0) is 21.7. The highest BCUT2D eigenvalue weighted by Gasteiger charge is 2.16. The van der Waals surface area contributed by atoms with Crippen LogP contribution in [0.3, 0.4) is 0 Å². The van der Waals surface area contributed by atoms with E-state index in [1.165, 1.54) is 48.5 Å². The largest absolute Gasteiger partial charge is 0.206 e. The first-order valence-corrected chi connectivity index (χ1v) is 10.5. The third-order valence-electron chi connectivity index (χ3n) is 5.30. The molecule has 0 aliphatic rings. The minimum absolute atomic E-state index is 0.127. The van der Waals surface area contributed by atoms with E-state index in [2.05, 4.69) is 0 Å². The van der Waals surface area contributed by atoms with Crippen molar-refractivity contribution in [1.29, 1.82) is 0 Å². The summed E-state index contributed by atoms with van der Waals surface area (Å²) in [6.45, 7) is 4.04. The van der Waals surface area contributed by atoms with Gasteiger partial charge in [0.05, 0.1) is 11.1 Å². The minimum atomic E-state index is -0.633. The second-order valence-electron chi connectivity index (χ2n) is 7.65. The van der Waals surface area contributed by atoms with Gasteiger partial charge >= 0.3 is 0 Å². The molecule has 0 amide bonds. The van der Waals surface area contributed by atoms with E-state index in [-0.39, 0.29) is 11.1 Å². The fourth-order valence-electron chi connectivity index (χ4n) is 3.66. The number of unbranched alkanes of at least 4 members (excludes halogenated alkanes) is 2. The molecule has 3 aromatic carbocycles. The fraction of sp³-hybridized carbons (Fsp3) is 0.308. The molecule has 0 radical (unpaired) electrons. The average Bonchev–Trinajstić information content (AvgIpc) is 2.71. The molecular formula is C26H26F4. The second kappa shape index (κ2) is 9.92. The molecule has 0 unspecified atom stereocenters. The van der Waals surface area contributed by atoms with Crippen LogP contribution >= 0.6 is 0 Å². The van der Waals surface area contributed by atoms with Crippen LogP contribution in [0.25, 0.3) is 22.3 Å². The number of aryl methyl sites for hydroxylation is 2. The van der Waals surface area contributed by atoms with Gasteiger partial charge < -0.3 is 0 Å². The van der Waals surface area contributed by atoms with Gasteiger partial charge in [0, 0.05) is 0 Å². The summed E-state index contributed by atoms with van der Waals surface area (Å²) in [7, 11) is 0. The molecule has 0 bridgehead atoms. The second-order valence-corrected chi connectivity index (χ2v) is 7.65. The number of halogens is 4. The molecule has 0 spiro atoms. The van der Waals surface area contributed by atoms with Gasteiger partial charge in [0.25, 0.3) is 0 Å². The molecule has 0 aromatic heterocycles. The molecule has 0 nitrogen and oxygen atoms in total. The molecule has 4 heteroatoms.